The van der Waals surface area contributed by atoms with Gasteiger partial charge in [0, 0.05) is 25.7 Å². The fourth-order valence-corrected chi connectivity index (χ4v) is 2.81. The molecule has 4 nitrogen and oxygen atoms in total. The quantitative estimate of drug-likeness (QED) is 0.852. The van der Waals surface area contributed by atoms with Crippen LogP contribution in [0, 0.1) is 5.92 Å². The Morgan fingerprint density at radius 2 is 2.05 bits per heavy atom. The minimum Gasteiger partial charge on any atom is -0.393 e. The van der Waals surface area contributed by atoms with E-state index in [0.29, 0.717) is 12.5 Å². The molecule has 5 heteroatoms. The van der Waals surface area contributed by atoms with Gasteiger partial charge < -0.3 is 15.5 Å². The fraction of sp³-hybridized carbons (Fsp3) is 0.500. The molecule has 21 heavy (non-hydrogen) atoms. The van der Waals surface area contributed by atoms with Gasteiger partial charge in [-0.25, -0.2) is 0 Å². The molecule has 1 aromatic carbocycles. The second kappa shape index (κ2) is 7.00. The van der Waals surface area contributed by atoms with Crippen LogP contribution in [0.5, 0.6) is 0 Å². The van der Waals surface area contributed by atoms with Gasteiger partial charge in [-0.1, -0.05) is 42.5 Å². The Morgan fingerprint density at radius 1 is 1.38 bits per heavy atom. The molecular weight excluding hydrogens is 282 g/mol. The Hall–Kier alpha value is -1.46. The third-order valence-electron chi connectivity index (χ3n) is 4.20. The summed E-state index contributed by atoms with van der Waals surface area (Å²) in [5, 5.41) is 0. The predicted octanol–water partition coefficient (Wildman–Crippen LogP) is 1.29. The number of piperazine rings is 1. The zero-order chi connectivity index (χ0) is 15.4. The first kappa shape index (κ1) is 15.9. The van der Waals surface area contributed by atoms with Crippen LogP contribution in [-0.4, -0.2) is 53.4 Å². The van der Waals surface area contributed by atoms with Gasteiger partial charge in [-0.05, 0) is 26.0 Å². The molecule has 0 bridgehead atoms. The zero-order valence-corrected chi connectivity index (χ0v) is 13.5. The number of hydrogen-bond donors (Lipinski definition) is 1. The van der Waals surface area contributed by atoms with Crippen LogP contribution >= 0.6 is 12.2 Å². The summed E-state index contributed by atoms with van der Waals surface area (Å²) in [5.74, 6) is -0.343. The number of nitrogens with two attached hydrogens (primary N) is 1. The van der Waals surface area contributed by atoms with Crippen molar-refractivity contribution in [1.82, 2.24) is 9.80 Å². The van der Waals surface area contributed by atoms with Gasteiger partial charge in [-0.3, -0.25) is 4.79 Å². The number of benzene rings is 1. The summed E-state index contributed by atoms with van der Waals surface area (Å²) >= 11 is 5.13. The summed E-state index contributed by atoms with van der Waals surface area (Å²) in [4.78, 5) is 17.2. The molecule has 0 saturated carbocycles. The summed E-state index contributed by atoms with van der Waals surface area (Å²) < 4.78 is 0. The maximum Gasteiger partial charge on any atom is 0.232 e. The van der Waals surface area contributed by atoms with Gasteiger partial charge in [-0.2, -0.15) is 0 Å². The number of nitrogens with zero attached hydrogens (tertiary/aromatic N) is 2. The number of carbonyl (C=O) groups is 1. The van der Waals surface area contributed by atoms with Crippen molar-refractivity contribution in [2.45, 2.75) is 19.4 Å². The van der Waals surface area contributed by atoms with Gasteiger partial charge in [-0.15, -0.1) is 0 Å². The van der Waals surface area contributed by atoms with Crippen LogP contribution in [0.15, 0.2) is 30.3 Å². The summed E-state index contributed by atoms with van der Waals surface area (Å²) in [6, 6.07) is 10.3. The molecule has 114 valence electrons. The number of carbonyl (C=O) groups excluding carboxylic acids is 1. The Bertz CT molecular complexity index is 506. The van der Waals surface area contributed by atoms with Crippen molar-refractivity contribution in [3.05, 3.63) is 35.9 Å². The molecule has 2 N–H and O–H groups in total. The SMILES string of the molecule is CC1CN(C(=O)C(Cc2ccccc2)C(N)=S)CCN1C. The van der Waals surface area contributed by atoms with Crippen molar-refractivity contribution >= 4 is 23.1 Å². The van der Waals surface area contributed by atoms with Crippen LogP contribution in [0.2, 0.25) is 0 Å². The smallest absolute Gasteiger partial charge is 0.232 e. The maximum absolute atomic E-state index is 12.7. The van der Waals surface area contributed by atoms with Gasteiger partial charge in [0.2, 0.25) is 5.91 Å². The summed E-state index contributed by atoms with van der Waals surface area (Å²) in [6.07, 6.45) is 0.579. The lowest BCUT2D eigenvalue weighted by atomic mass is 9.97. The number of likely N-dealkylation sites (N-methyl/N-ethyl adjacent to an activating group) is 1. The highest BCUT2D eigenvalue weighted by atomic mass is 32.1. The van der Waals surface area contributed by atoms with E-state index in [-0.39, 0.29) is 10.9 Å². The van der Waals surface area contributed by atoms with Crippen molar-refractivity contribution < 1.29 is 4.79 Å². The summed E-state index contributed by atoms with van der Waals surface area (Å²) in [6.45, 7) is 4.51. The van der Waals surface area contributed by atoms with E-state index < -0.39 is 5.92 Å². The molecule has 2 atom stereocenters. The second-order valence-electron chi connectivity index (χ2n) is 5.76. The monoisotopic (exact) mass is 305 g/mol. The van der Waals surface area contributed by atoms with Crippen LogP contribution in [-0.2, 0) is 11.2 Å². The molecule has 1 aromatic rings. The van der Waals surface area contributed by atoms with Gasteiger partial charge in [0.1, 0.15) is 0 Å². The van der Waals surface area contributed by atoms with Crippen molar-refractivity contribution in [3.63, 3.8) is 0 Å². The lowest BCUT2D eigenvalue weighted by molar-refractivity contribution is -0.135. The van der Waals surface area contributed by atoms with E-state index in [0.717, 1.165) is 25.2 Å². The highest BCUT2D eigenvalue weighted by Crippen LogP contribution is 2.16. The molecule has 1 heterocycles. The van der Waals surface area contributed by atoms with Crippen LogP contribution in [0.25, 0.3) is 0 Å². The van der Waals surface area contributed by atoms with Gasteiger partial charge in [0.15, 0.2) is 0 Å². The Labute approximate surface area is 131 Å². The van der Waals surface area contributed by atoms with Crippen molar-refractivity contribution in [1.29, 1.82) is 0 Å². The van der Waals surface area contributed by atoms with E-state index in [9.17, 15) is 4.79 Å². The normalized spacial score (nSPS) is 21.0. The molecule has 1 fully saturated rings. The van der Waals surface area contributed by atoms with Crippen molar-refractivity contribution in [3.8, 4) is 0 Å². The summed E-state index contributed by atoms with van der Waals surface area (Å²) in [5.41, 5.74) is 6.92. The molecule has 2 rings (SSSR count). The van der Waals surface area contributed by atoms with Crippen LogP contribution < -0.4 is 5.73 Å². The molecule has 1 aliphatic rings. The molecule has 0 aromatic heterocycles. The minimum absolute atomic E-state index is 0.0614. The third-order valence-corrected chi connectivity index (χ3v) is 4.48. The highest BCUT2D eigenvalue weighted by molar-refractivity contribution is 7.80. The fourth-order valence-electron chi connectivity index (χ4n) is 2.63. The van der Waals surface area contributed by atoms with Crippen LogP contribution in [0.1, 0.15) is 12.5 Å². The van der Waals surface area contributed by atoms with E-state index >= 15 is 0 Å². The zero-order valence-electron chi connectivity index (χ0n) is 12.7. The first-order valence-corrected chi connectivity index (χ1v) is 7.72. The number of hydrogen-bond acceptors (Lipinski definition) is 3. The van der Waals surface area contributed by atoms with E-state index in [1.165, 1.54) is 0 Å². The van der Waals surface area contributed by atoms with E-state index in [2.05, 4.69) is 18.9 Å². The minimum atomic E-state index is -0.405. The molecule has 2 unspecified atom stereocenters. The summed E-state index contributed by atoms with van der Waals surface area (Å²) in [7, 11) is 2.08. The average Bonchev–Trinajstić information content (AvgIpc) is 2.47. The third kappa shape index (κ3) is 4.02. The van der Waals surface area contributed by atoms with Gasteiger partial charge in [0.05, 0.1) is 10.9 Å². The first-order chi connectivity index (χ1) is 9.99. The molecule has 1 saturated heterocycles. The largest absolute Gasteiger partial charge is 0.393 e. The molecule has 0 aliphatic carbocycles. The van der Waals surface area contributed by atoms with Gasteiger partial charge >= 0.3 is 0 Å². The van der Waals surface area contributed by atoms with E-state index in [1.54, 1.807) is 0 Å². The average molecular weight is 305 g/mol. The molecule has 0 radical (unpaired) electrons. The Morgan fingerprint density at radius 3 is 2.62 bits per heavy atom. The predicted molar refractivity (Wildman–Crippen MR) is 89.1 cm³/mol. The van der Waals surface area contributed by atoms with Crippen LogP contribution in [0.4, 0.5) is 0 Å². The molecular formula is C16H23N3OS. The molecule has 1 amide bonds. The number of thiocarbonyl (C=S) groups is 1. The molecule has 1 aliphatic heterocycles. The van der Waals surface area contributed by atoms with E-state index in [4.69, 9.17) is 18.0 Å². The lowest BCUT2D eigenvalue weighted by Crippen LogP contribution is -2.54. The van der Waals surface area contributed by atoms with Crippen molar-refractivity contribution in [2.75, 3.05) is 26.7 Å². The Kier molecular flexibility index (Phi) is 5.31. The second-order valence-corrected chi connectivity index (χ2v) is 6.23. The lowest BCUT2D eigenvalue weighted by Gasteiger charge is -2.39. The topological polar surface area (TPSA) is 49.6 Å². The van der Waals surface area contributed by atoms with Crippen molar-refractivity contribution in [2.24, 2.45) is 11.7 Å². The van der Waals surface area contributed by atoms with E-state index in [1.807, 2.05) is 35.2 Å². The highest BCUT2D eigenvalue weighted by Gasteiger charge is 2.30. The standard InChI is InChI=1S/C16H23N3OS/c1-12-11-19(9-8-18(12)2)16(20)14(15(17)21)10-13-6-4-3-5-7-13/h3-7,12,14H,8-11H2,1-2H3,(H2,17,21). The van der Waals surface area contributed by atoms with Crippen LogP contribution in [0.3, 0.4) is 0 Å². The van der Waals surface area contributed by atoms with Gasteiger partial charge in [0.25, 0.3) is 0 Å². The molecule has 0 spiro atoms. The number of amides is 1. The Balaban J connectivity index is 2.08. The number of rotatable bonds is 4. The maximum atomic E-state index is 12.7. The first-order valence-electron chi connectivity index (χ1n) is 7.31.